The average molecular weight is 240 g/mol. The van der Waals surface area contributed by atoms with Gasteiger partial charge in [0.05, 0.1) is 27.2 Å². The van der Waals surface area contributed by atoms with Crippen LogP contribution in [0.2, 0.25) is 0 Å². The molecule has 0 saturated heterocycles. The van der Waals surface area contributed by atoms with Gasteiger partial charge >= 0.3 is 5.97 Å². The fourth-order valence-electron chi connectivity index (χ4n) is 1.60. The van der Waals surface area contributed by atoms with Crippen LogP contribution in [0.15, 0.2) is 12.1 Å². The molecule has 0 aromatic heterocycles. The first-order valence-electron chi connectivity index (χ1n) is 5.08. The van der Waals surface area contributed by atoms with Crippen LogP contribution < -0.4 is 14.2 Å². The molecule has 1 atom stereocenters. The van der Waals surface area contributed by atoms with Crippen molar-refractivity contribution in [2.75, 3.05) is 21.3 Å². The number of rotatable bonds is 5. The number of hydrogen-bond acceptors (Lipinski definition) is 4. The number of benzene rings is 1. The molecule has 1 rings (SSSR count). The van der Waals surface area contributed by atoms with Crippen LogP contribution in [-0.2, 0) is 4.79 Å². The number of carboxylic acids is 1. The standard InChI is InChI=1S/C12H16O5/c1-7(12(13)14)8-5-6-9(15-2)11(17-4)10(8)16-3/h5-7H,1-4H3,(H,13,14)/t7-/m0/s1. The van der Waals surface area contributed by atoms with Gasteiger partial charge in [-0.25, -0.2) is 0 Å². The Bertz CT molecular complexity index is 414. The van der Waals surface area contributed by atoms with Gasteiger partial charge in [-0.15, -0.1) is 0 Å². The van der Waals surface area contributed by atoms with E-state index in [4.69, 9.17) is 19.3 Å². The topological polar surface area (TPSA) is 65.0 Å². The highest BCUT2D eigenvalue weighted by molar-refractivity contribution is 5.78. The van der Waals surface area contributed by atoms with E-state index in [2.05, 4.69) is 0 Å². The average Bonchev–Trinajstić information content (AvgIpc) is 2.35. The fourth-order valence-corrected chi connectivity index (χ4v) is 1.60. The zero-order valence-electron chi connectivity index (χ0n) is 10.3. The highest BCUT2D eigenvalue weighted by Crippen LogP contribution is 2.42. The zero-order chi connectivity index (χ0) is 13.0. The number of carbonyl (C=O) groups is 1. The lowest BCUT2D eigenvalue weighted by Gasteiger charge is -2.17. The Hall–Kier alpha value is -1.91. The van der Waals surface area contributed by atoms with Gasteiger partial charge in [-0.3, -0.25) is 4.79 Å². The summed E-state index contributed by atoms with van der Waals surface area (Å²) >= 11 is 0. The summed E-state index contributed by atoms with van der Waals surface area (Å²) in [6.07, 6.45) is 0. The molecule has 0 amide bonds. The highest BCUT2D eigenvalue weighted by atomic mass is 16.5. The summed E-state index contributed by atoms with van der Waals surface area (Å²) in [5, 5.41) is 9.02. The summed E-state index contributed by atoms with van der Waals surface area (Å²) < 4.78 is 15.5. The molecule has 0 unspecified atom stereocenters. The molecule has 0 aliphatic rings. The molecule has 0 aliphatic heterocycles. The second-order valence-electron chi connectivity index (χ2n) is 3.48. The van der Waals surface area contributed by atoms with Crippen LogP contribution in [0.25, 0.3) is 0 Å². The predicted molar refractivity (Wildman–Crippen MR) is 62.1 cm³/mol. The van der Waals surface area contributed by atoms with Crippen LogP contribution in [0.1, 0.15) is 18.4 Å². The first-order chi connectivity index (χ1) is 8.06. The quantitative estimate of drug-likeness (QED) is 0.851. The molecule has 0 radical (unpaired) electrons. The third-order valence-corrected chi connectivity index (χ3v) is 2.57. The Labute approximate surface area is 99.9 Å². The maximum absolute atomic E-state index is 11.0. The smallest absolute Gasteiger partial charge is 0.310 e. The lowest BCUT2D eigenvalue weighted by molar-refractivity contribution is -0.138. The van der Waals surface area contributed by atoms with Gasteiger partial charge in [0.15, 0.2) is 11.5 Å². The number of methoxy groups -OCH3 is 3. The van der Waals surface area contributed by atoms with Crippen LogP contribution in [0, 0.1) is 0 Å². The van der Waals surface area contributed by atoms with Crippen LogP contribution in [0.3, 0.4) is 0 Å². The molecular formula is C12H16O5. The Morgan fingerprint density at radius 3 is 2.12 bits per heavy atom. The molecule has 5 nitrogen and oxygen atoms in total. The van der Waals surface area contributed by atoms with Gasteiger partial charge < -0.3 is 19.3 Å². The van der Waals surface area contributed by atoms with Gasteiger partial charge in [0.1, 0.15) is 0 Å². The van der Waals surface area contributed by atoms with E-state index in [-0.39, 0.29) is 0 Å². The van der Waals surface area contributed by atoms with Gasteiger partial charge in [0.2, 0.25) is 5.75 Å². The van der Waals surface area contributed by atoms with Crippen LogP contribution in [-0.4, -0.2) is 32.4 Å². The van der Waals surface area contributed by atoms with Gasteiger partial charge in [-0.1, -0.05) is 6.07 Å². The molecule has 0 fully saturated rings. The van der Waals surface area contributed by atoms with Crippen LogP contribution in [0.5, 0.6) is 17.2 Å². The summed E-state index contributed by atoms with van der Waals surface area (Å²) in [7, 11) is 4.46. The van der Waals surface area contributed by atoms with Gasteiger partial charge in [0.25, 0.3) is 0 Å². The van der Waals surface area contributed by atoms with E-state index >= 15 is 0 Å². The van der Waals surface area contributed by atoms with Crippen molar-refractivity contribution in [2.45, 2.75) is 12.8 Å². The van der Waals surface area contributed by atoms with E-state index in [9.17, 15) is 4.79 Å². The van der Waals surface area contributed by atoms with Crippen molar-refractivity contribution >= 4 is 5.97 Å². The van der Waals surface area contributed by atoms with E-state index in [0.29, 0.717) is 22.8 Å². The summed E-state index contributed by atoms with van der Waals surface area (Å²) in [6.45, 7) is 1.59. The maximum atomic E-state index is 11.0. The molecule has 5 heteroatoms. The van der Waals surface area contributed by atoms with E-state index in [0.717, 1.165) is 0 Å². The van der Waals surface area contributed by atoms with E-state index in [1.807, 2.05) is 0 Å². The third kappa shape index (κ3) is 2.43. The minimum Gasteiger partial charge on any atom is -0.493 e. The SMILES string of the molecule is COc1ccc([C@H](C)C(=O)O)c(OC)c1OC. The molecule has 0 heterocycles. The molecule has 1 aromatic carbocycles. The molecule has 17 heavy (non-hydrogen) atoms. The van der Waals surface area contributed by atoms with Crippen molar-refractivity contribution in [2.24, 2.45) is 0 Å². The number of aliphatic carboxylic acids is 1. The van der Waals surface area contributed by atoms with Gasteiger partial charge in [-0.2, -0.15) is 0 Å². The Kier molecular flexibility index (Phi) is 4.20. The number of ether oxygens (including phenoxy) is 3. The van der Waals surface area contributed by atoms with Crippen molar-refractivity contribution in [1.29, 1.82) is 0 Å². The van der Waals surface area contributed by atoms with Crippen molar-refractivity contribution in [3.05, 3.63) is 17.7 Å². The molecule has 0 aliphatic carbocycles. The number of carboxylic acid groups (broad SMARTS) is 1. The molecule has 0 spiro atoms. The monoisotopic (exact) mass is 240 g/mol. The largest absolute Gasteiger partial charge is 0.493 e. The second kappa shape index (κ2) is 5.43. The minimum atomic E-state index is -0.921. The van der Waals surface area contributed by atoms with E-state index in [1.54, 1.807) is 19.1 Å². The molecular weight excluding hydrogens is 224 g/mol. The Morgan fingerprint density at radius 2 is 1.71 bits per heavy atom. The third-order valence-electron chi connectivity index (χ3n) is 2.57. The lowest BCUT2D eigenvalue weighted by Crippen LogP contribution is -2.09. The number of hydrogen-bond donors (Lipinski definition) is 1. The van der Waals surface area contributed by atoms with Gasteiger partial charge in [0, 0.05) is 5.56 Å². The van der Waals surface area contributed by atoms with Crippen molar-refractivity contribution < 1.29 is 24.1 Å². The zero-order valence-corrected chi connectivity index (χ0v) is 10.3. The minimum absolute atomic E-state index is 0.391. The van der Waals surface area contributed by atoms with Crippen molar-refractivity contribution in [3.63, 3.8) is 0 Å². The molecule has 0 bridgehead atoms. The fraction of sp³-hybridized carbons (Fsp3) is 0.417. The molecule has 1 aromatic rings. The Morgan fingerprint density at radius 1 is 1.12 bits per heavy atom. The normalized spacial score (nSPS) is 11.8. The van der Waals surface area contributed by atoms with Crippen molar-refractivity contribution in [3.8, 4) is 17.2 Å². The van der Waals surface area contributed by atoms with E-state index in [1.165, 1.54) is 21.3 Å². The first-order valence-corrected chi connectivity index (χ1v) is 5.08. The Balaban J connectivity index is 3.37. The van der Waals surface area contributed by atoms with Crippen LogP contribution >= 0.6 is 0 Å². The molecule has 94 valence electrons. The molecule has 0 saturated carbocycles. The van der Waals surface area contributed by atoms with E-state index < -0.39 is 11.9 Å². The predicted octanol–water partition coefficient (Wildman–Crippen LogP) is 1.90. The molecule has 1 N–H and O–H groups in total. The lowest BCUT2D eigenvalue weighted by atomic mass is 9.99. The summed E-state index contributed by atoms with van der Waals surface area (Å²) in [5.41, 5.74) is 0.553. The maximum Gasteiger partial charge on any atom is 0.310 e. The van der Waals surface area contributed by atoms with Crippen LogP contribution in [0.4, 0.5) is 0 Å². The van der Waals surface area contributed by atoms with Crippen molar-refractivity contribution in [1.82, 2.24) is 0 Å². The summed E-state index contributed by atoms with van der Waals surface area (Å²) in [6, 6.07) is 3.33. The summed E-state index contributed by atoms with van der Waals surface area (Å²) in [4.78, 5) is 11.0. The van der Waals surface area contributed by atoms with Gasteiger partial charge in [-0.05, 0) is 13.0 Å². The second-order valence-corrected chi connectivity index (χ2v) is 3.48. The highest BCUT2D eigenvalue weighted by Gasteiger charge is 2.23. The first kappa shape index (κ1) is 13.2. The summed E-state index contributed by atoms with van der Waals surface area (Å²) in [5.74, 6) is -0.298.